The van der Waals surface area contributed by atoms with Crippen LogP contribution in [-0.2, 0) is 11.3 Å². The Morgan fingerprint density at radius 1 is 1.10 bits per heavy atom. The lowest BCUT2D eigenvalue weighted by Gasteiger charge is -2.16. The van der Waals surface area contributed by atoms with Gasteiger partial charge in [0, 0.05) is 17.6 Å². The van der Waals surface area contributed by atoms with Crippen molar-refractivity contribution in [1.82, 2.24) is 4.57 Å². The molecule has 0 saturated carbocycles. The van der Waals surface area contributed by atoms with Crippen LogP contribution in [0.5, 0.6) is 5.75 Å². The van der Waals surface area contributed by atoms with Crippen LogP contribution < -0.4 is 10.9 Å². The summed E-state index contributed by atoms with van der Waals surface area (Å²) in [7, 11) is 1.28. The largest absolute Gasteiger partial charge is 0.506 e. The minimum Gasteiger partial charge on any atom is -0.506 e. The Balaban J connectivity index is 2.01. The van der Waals surface area contributed by atoms with Gasteiger partial charge in [-0.15, -0.1) is 0 Å². The average Bonchev–Trinajstić information content (AvgIpc) is 2.73. The normalized spacial score (nSPS) is 10.9. The van der Waals surface area contributed by atoms with E-state index in [2.05, 4.69) is 23.9 Å². The molecule has 30 heavy (non-hydrogen) atoms. The summed E-state index contributed by atoms with van der Waals surface area (Å²) in [6.07, 6.45) is 0.755. The Morgan fingerprint density at radius 3 is 2.40 bits per heavy atom. The number of esters is 1. The van der Waals surface area contributed by atoms with E-state index in [1.807, 2.05) is 0 Å². The van der Waals surface area contributed by atoms with Gasteiger partial charge in [-0.25, -0.2) is 4.79 Å². The zero-order chi connectivity index (χ0) is 21.8. The van der Waals surface area contributed by atoms with E-state index in [1.54, 1.807) is 24.3 Å². The number of nitrogens with zero attached hydrogens (tertiary/aromatic N) is 1. The van der Waals surface area contributed by atoms with Crippen LogP contribution in [0.2, 0.25) is 0 Å². The minimum atomic E-state index is -0.715. The van der Waals surface area contributed by atoms with Crippen molar-refractivity contribution in [1.29, 1.82) is 0 Å². The molecule has 1 aromatic heterocycles. The fraction of sp³-hybridized carbons (Fsp3) is 0.261. The summed E-state index contributed by atoms with van der Waals surface area (Å²) >= 11 is 0. The van der Waals surface area contributed by atoms with Crippen LogP contribution in [0, 0.1) is 5.92 Å². The number of aromatic nitrogens is 1. The van der Waals surface area contributed by atoms with Crippen molar-refractivity contribution in [2.45, 2.75) is 26.8 Å². The van der Waals surface area contributed by atoms with E-state index in [4.69, 9.17) is 0 Å². The van der Waals surface area contributed by atoms with Gasteiger partial charge in [0.2, 0.25) is 0 Å². The number of aryl methyl sites for hydroxylation is 1. The van der Waals surface area contributed by atoms with Crippen LogP contribution in [-0.4, -0.2) is 28.7 Å². The number of hydrogen-bond donors (Lipinski definition) is 2. The van der Waals surface area contributed by atoms with Crippen molar-refractivity contribution in [3.05, 3.63) is 70.0 Å². The number of amides is 1. The fourth-order valence-corrected chi connectivity index (χ4v) is 3.20. The molecule has 2 N–H and O–H groups in total. The molecular weight excluding hydrogens is 384 g/mol. The molecule has 0 aliphatic heterocycles. The molecule has 2 aromatic carbocycles. The maximum atomic E-state index is 13.1. The van der Waals surface area contributed by atoms with Crippen LogP contribution in [0.3, 0.4) is 0 Å². The van der Waals surface area contributed by atoms with Crippen molar-refractivity contribution in [3.8, 4) is 5.75 Å². The van der Waals surface area contributed by atoms with Gasteiger partial charge in [0.25, 0.3) is 11.5 Å². The molecule has 0 unspecified atom stereocenters. The molecule has 0 fully saturated rings. The van der Waals surface area contributed by atoms with Crippen LogP contribution in [0.25, 0.3) is 10.9 Å². The first-order valence-corrected chi connectivity index (χ1v) is 9.67. The van der Waals surface area contributed by atoms with Crippen LogP contribution in [0.15, 0.2) is 53.3 Å². The number of ether oxygens (including phenoxy) is 1. The summed E-state index contributed by atoms with van der Waals surface area (Å²) in [5.41, 5.74) is 0.443. The first-order chi connectivity index (χ1) is 14.3. The number of carbonyl (C=O) groups excluding carboxylic acids is 2. The third-order valence-electron chi connectivity index (χ3n) is 4.87. The maximum absolute atomic E-state index is 13.1. The van der Waals surface area contributed by atoms with Crippen LogP contribution >= 0.6 is 0 Å². The number of nitrogens with one attached hydrogen (secondary N) is 1. The highest BCUT2D eigenvalue weighted by atomic mass is 16.5. The molecule has 0 aliphatic carbocycles. The number of hydrogen-bond acceptors (Lipinski definition) is 5. The van der Waals surface area contributed by atoms with Gasteiger partial charge in [-0.1, -0.05) is 26.0 Å². The van der Waals surface area contributed by atoms with E-state index >= 15 is 0 Å². The standard InChI is InChI=1S/C23H24N2O5/c1-14(2)12-13-25-18-7-5-4-6-17(18)20(26)19(22(25)28)21(27)24-16-10-8-15(9-11-16)23(29)30-3/h4-11,14,26H,12-13H2,1-3H3,(H,24,27). The van der Waals surface area contributed by atoms with Crippen LogP contribution in [0.1, 0.15) is 41.0 Å². The van der Waals surface area contributed by atoms with Gasteiger partial charge in [-0.2, -0.15) is 0 Å². The van der Waals surface area contributed by atoms with Crippen molar-refractivity contribution in [2.75, 3.05) is 12.4 Å². The van der Waals surface area contributed by atoms with E-state index in [1.165, 1.54) is 35.9 Å². The Morgan fingerprint density at radius 2 is 1.77 bits per heavy atom. The molecule has 3 rings (SSSR count). The van der Waals surface area contributed by atoms with E-state index in [-0.39, 0.29) is 11.3 Å². The number of aromatic hydroxyl groups is 1. The Hall–Kier alpha value is -3.61. The summed E-state index contributed by atoms with van der Waals surface area (Å²) in [6, 6.07) is 13.0. The number of anilines is 1. The summed E-state index contributed by atoms with van der Waals surface area (Å²) in [5, 5.41) is 13.7. The lowest BCUT2D eigenvalue weighted by Crippen LogP contribution is -2.30. The summed E-state index contributed by atoms with van der Waals surface area (Å²) in [6.45, 7) is 4.55. The topological polar surface area (TPSA) is 97.6 Å². The number of fused-ring (bicyclic) bond motifs is 1. The molecule has 1 heterocycles. The average molecular weight is 408 g/mol. The predicted octanol–water partition coefficient (Wildman–Crippen LogP) is 3.79. The minimum absolute atomic E-state index is 0.311. The van der Waals surface area contributed by atoms with Gasteiger partial charge in [0.05, 0.1) is 18.2 Å². The molecule has 7 heteroatoms. The first kappa shape index (κ1) is 21.1. The second-order valence-electron chi connectivity index (χ2n) is 7.40. The molecule has 0 bridgehead atoms. The van der Waals surface area contributed by atoms with Crippen molar-refractivity contribution in [3.63, 3.8) is 0 Å². The van der Waals surface area contributed by atoms with Crippen molar-refractivity contribution in [2.24, 2.45) is 5.92 Å². The van der Waals surface area contributed by atoms with Gasteiger partial charge in [-0.3, -0.25) is 9.59 Å². The first-order valence-electron chi connectivity index (χ1n) is 9.67. The maximum Gasteiger partial charge on any atom is 0.337 e. The van der Waals surface area contributed by atoms with E-state index in [0.29, 0.717) is 34.6 Å². The fourth-order valence-electron chi connectivity index (χ4n) is 3.20. The molecule has 0 spiro atoms. The summed E-state index contributed by atoms with van der Waals surface area (Å²) in [4.78, 5) is 37.5. The quantitative estimate of drug-likeness (QED) is 0.605. The highest BCUT2D eigenvalue weighted by Gasteiger charge is 2.22. The van der Waals surface area contributed by atoms with E-state index < -0.39 is 17.4 Å². The highest BCUT2D eigenvalue weighted by Crippen LogP contribution is 2.27. The Bertz CT molecular complexity index is 1150. The molecule has 0 atom stereocenters. The van der Waals surface area contributed by atoms with Crippen LogP contribution in [0.4, 0.5) is 5.69 Å². The van der Waals surface area contributed by atoms with Crippen molar-refractivity contribution >= 4 is 28.5 Å². The lowest BCUT2D eigenvalue weighted by molar-refractivity contribution is 0.0600. The number of para-hydroxylation sites is 1. The SMILES string of the molecule is COC(=O)c1ccc(NC(=O)c2c(O)c3ccccc3n(CCC(C)C)c2=O)cc1. The Kier molecular flexibility index (Phi) is 6.20. The highest BCUT2D eigenvalue weighted by molar-refractivity contribution is 6.09. The predicted molar refractivity (Wildman–Crippen MR) is 115 cm³/mol. The van der Waals surface area contributed by atoms with Gasteiger partial charge in [-0.05, 0) is 48.7 Å². The van der Waals surface area contributed by atoms with Gasteiger partial charge in [0.15, 0.2) is 0 Å². The van der Waals surface area contributed by atoms with E-state index in [0.717, 1.165) is 6.42 Å². The zero-order valence-corrected chi connectivity index (χ0v) is 17.1. The lowest BCUT2D eigenvalue weighted by atomic mass is 10.1. The third-order valence-corrected chi connectivity index (χ3v) is 4.87. The molecule has 1 amide bonds. The molecule has 156 valence electrons. The third kappa shape index (κ3) is 4.20. The molecule has 0 radical (unpaired) electrons. The van der Waals surface area contributed by atoms with E-state index in [9.17, 15) is 19.5 Å². The molecule has 0 aliphatic rings. The van der Waals surface area contributed by atoms with Gasteiger partial charge in [0.1, 0.15) is 11.3 Å². The molecule has 0 saturated heterocycles. The smallest absolute Gasteiger partial charge is 0.337 e. The molecular formula is C23H24N2O5. The number of carbonyl (C=O) groups is 2. The molecule has 3 aromatic rings. The Labute approximate surface area is 173 Å². The van der Waals surface area contributed by atoms with Crippen molar-refractivity contribution < 1.29 is 19.4 Å². The number of benzene rings is 2. The monoisotopic (exact) mass is 408 g/mol. The van der Waals surface area contributed by atoms with Gasteiger partial charge < -0.3 is 19.7 Å². The second kappa shape index (κ2) is 8.82. The number of rotatable bonds is 6. The number of methoxy groups -OCH3 is 1. The van der Waals surface area contributed by atoms with Gasteiger partial charge >= 0.3 is 5.97 Å². The summed E-state index contributed by atoms with van der Waals surface area (Å²) < 4.78 is 6.18. The molecule has 7 nitrogen and oxygen atoms in total. The second-order valence-corrected chi connectivity index (χ2v) is 7.40. The number of pyridine rings is 1. The summed E-state index contributed by atoms with van der Waals surface area (Å²) in [5.74, 6) is -1.18. The zero-order valence-electron chi connectivity index (χ0n) is 17.1.